The highest BCUT2D eigenvalue weighted by atomic mass is 32.3. The Kier molecular flexibility index (Phi) is 4.74. The van der Waals surface area contributed by atoms with Crippen molar-refractivity contribution >= 4 is 45.0 Å². The number of rotatable bonds is 3. The van der Waals surface area contributed by atoms with Crippen LogP contribution in [0.1, 0.15) is 18.4 Å². The molecule has 5 heterocycles. The van der Waals surface area contributed by atoms with E-state index in [1.807, 2.05) is 25.4 Å². The monoisotopic (exact) mass is 442 g/mol. The first-order valence-corrected chi connectivity index (χ1v) is 12.6. The maximum Gasteiger partial charge on any atom is 0.246 e. The van der Waals surface area contributed by atoms with Gasteiger partial charge < -0.3 is 19.7 Å². The van der Waals surface area contributed by atoms with Crippen molar-refractivity contribution in [3.63, 3.8) is 0 Å². The number of amides is 1. The topological polar surface area (TPSA) is 112 Å². The number of nitrogens with zero attached hydrogens (tertiary/aromatic N) is 7. The molecule has 0 aromatic carbocycles. The fourth-order valence-corrected chi connectivity index (χ4v) is 5.95. The van der Waals surface area contributed by atoms with E-state index >= 15 is 0 Å². The van der Waals surface area contributed by atoms with Gasteiger partial charge in [-0.25, -0.2) is 14.5 Å². The first kappa shape index (κ1) is 20.0. The molecule has 0 spiro atoms. The number of fused-ring (bicyclic) bond motifs is 2. The molecule has 10 nitrogen and oxygen atoms in total. The van der Waals surface area contributed by atoms with Crippen molar-refractivity contribution in [3.05, 3.63) is 30.4 Å². The van der Waals surface area contributed by atoms with Gasteiger partial charge in [-0.1, -0.05) is 0 Å². The smallest absolute Gasteiger partial charge is 0.246 e. The third-order valence-electron chi connectivity index (χ3n) is 6.15. The lowest BCUT2D eigenvalue weighted by molar-refractivity contribution is -0.117. The molecule has 0 saturated carbocycles. The van der Waals surface area contributed by atoms with Crippen molar-refractivity contribution < 1.29 is 9.35 Å². The van der Waals surface area contributed by atoms with E-state index in [2.05, 4.69) is 25.3 Å². The van der Waals surface area contributed by atoms with E-state index in [0.717, 1.165) is 47.1 Å². The molecule has 0 unspecified atom stereocenters. The van der Waals surface area contributed by atoms with Gasteiger partial charge in [0.05, 0.1) is 24.6 Å². The van der Waals surface area contributed by atoms with E-state index in [1.54, 1.807) is 22.7 Å². The van der Waals surface area contributed by atoms with Crippen LogP contribution in [0.25, 0.3) is 5.65 Å². The van der Waals surface area contributed by atoms with Gasteiger partial charge in [-0.05, 0) is 37.7 Å². The quantitative estimate of drug-likeness (QED) is 0.636. The van der Waals surface area contributed by atoms with Crippen molar-refractivity contribution in [1.29, 1.82) is 0 Å². The maximum atomic E-state index is 12.6. The lowest BCUT2D eigenvalue weighted by Crippen LogP contribution is -2.50. The second-order valence-corrected chi connectivity index (χ2v) is 11.7. The molecule has 1 fully saturated rings. The highest BCUT2D eigenvalue weighted by Gasteiger charge is 2.36. The number of carbonyl (C=O) groups excluding carboxylic acids is 1. The summed E-state index contributed by atoms with van der Waals surface area (Å²) in [6.45, 7) is 2.27. The average Bonchev–Trinajstić information content (AvgIpc) is 3.18. The fraction of sp³-hybridized carbons (Fsp3) is 0.450. The van der Waals surface area contributed by atoms with Crippen molar-refractivity contribution in [2.75, 3.05) is 46.5 Å². The van der Waals surface area contributed by atoms with Crippen LogP contribution in [0.4, 0.5) is 23.1 Å². The molecule has 0 bridgehead atoms. The van der Waals surface area contributed by atoms with Gasteiger partial charge in [0.1, 0.15) is 12.0 Å². The van der Waals surface area contributed by atoms with Crippen LogP contribution in [0, 0.1) is 6.92 Å². The number of carbonyl (C=O) groups is 1. The number of nitrogens with one attached hydrogen (secondary N) is 1. The van der Waals surface area contributed by atoms with E-state index < -0.39 is 10.3 Å². The van der Waals surface area contributed by atoms with Crippen molar-refractivity contribution in [2.45, 2.75) is 25.8 Å². The highest BCUT2D eigenvalue weighted by molar-refractivity contribution is 8.28. The molecule has 0 atom stereocenters. The third-order valence-corrected chi connectivity index (χ3v) is 8.39. The predicted molar refractivity (Wildman–Crippen MR) is 123 cm³/mol. The first-order chi connectivity index (χ1) is 14.8. The fourth-order valence-electron chi connectivity index (χ4n) is 4.18. The van der Waals surface area contributed by atoms with Crippen molar-refractivity contribution in [1.82, 2.24) is 24.6 Å². The van der Waals surface area contributed by atoms with Crippen molar-refractivity contribution in [3.8, 4) is 0 Å². The van der Waals surface area contributed by atoms with Crippen molar-refractivity contribution in [2.24, 2.45) is 0 Å². The molecule has 2 aliphatic heterocycles. The van der Waals surface area contributed by atoms with E-state index in [4.69, 9.17) is 4.98 Å². The van der Waals surface area contributed by atoms with E-state index in [9.17, 15) is 9.35 Å². The molecule has 2 aliphatic rings. The maximum absolute atomic E-state index is 12.6. The largest absolute Gasteiger partial charge is 0.352 e. The SMILES string of the molecule is Cc1cc2ncnn2cc1Nc1ncc2c(n1)N(C1CCS(C)(O)CC1)CC(=O)N2C. The van der Waals surface area contributed by atoms with E-state index in [1.165, 1.54) is 6.33 Å². The summed E-state index contributed by atoms with van der Waals surface area (Å²) in [6.07, 6.45) is 8.75. The molecule has 3 aromatic heterocycles. The molecule has 164 valence electrons. The lowest BCUT2D eigenvalue weighted by Gasteiger charge is -2.44. The summed E-state index contributed by atoms with van der Waals surface area (Å²) in [6, 6.07) is 2.13. The number of aromatic nitrogens is 5. The number of aryl methyl sites for hydroxylation is 1. The van der Waals surface area contributed by atoms with Gasteiger partial charge in [0, 0.05) is 24.6 Å². The summed E-state index contributed by atoms with van der Waals surface area (Å²) >= 11 is 0. The second kappa shape index (κ2) is 7.34. The van der Waals surface area contributed by atoms with Gasteiger partial charge in [0.15, 0.2) is 11.5 Å². The Hall–Kier alpha value is -2.92. The van der Waals surface area contributed by atoms with E-state index in [-0.39, 0.29) is 18.5 Å². The molecule has 11 heteroatoms. The molecule has 0 radical (unpaired) electrons. The number of pyridine rings is 1. The third kappa shape index (κ3) is 3.68. The molecule has 1 saturated heterocycles. The van der Waals surface area contributed by atoms with Gasteiger partial charge in [-0.2, -0.15) is 10.1 Å². The number of anilines is 4. The van der Waals surface area contributed by atoms with Crippen LogP contribution in [-0.2, 0) is 4.79 Å². The van der Waals surface area contributed by atoms with Crippen LogP contribution < -0.4 is 15.1 Å². The van der Waals surface area contributed by atoms with Crippen LogP contribution in [0.5, 0.6) is 0 Å². The Labute approximate surface area is 181 Å². The zero-order valence-electron chi connectivity index (χ0n) is 17.8. The molecule has 31 heavy (non-hydrogen) atoms. The molecule has 2 N–H and O–H groups in total. The Morgan fingerprint density at radius 3 is 2.81 bits per heavy atom. The molecular formula is C20H26N8O2S. The Balaban J connectivity index is 1.48. The summed E-state index contributed by atoms with van der Waals surface area (Å²) in [5.41, 5.74) is 3.32. The molecule has 1 amide bonds. The normalized spacial score (nSPS) is 25.9. The summed E-state index contributed by atoms with van der Waals surface area (Å²) in [4.78, 5) is 29.8. The summed E-state index contributed by atoms with van der Waals surface area (Å²) in [7, 11) is 0.254. The van der Waals surface area contributed by atoms with Crippen LogP contribution in [0.3, 0.4) is 0 Å². The van der Waals surface area contributed by atoms with Crippen LogP contribution in [0.15, 0.2) is 24.8 Å². The van der Waals surface area contributed by atoms with Crippen LogP contribution in [-0.4, -0.2) is 72.4 Å². The number of hydrogen-bond acceptors (Lipinski definition) is 8. The van der Waals surface area contributed by atoms with Crippen LogP contribution in [0.2, 0.25) is 0 Å². The van der Waals surface area contributed by atoms with Gasteiger partial charge in [-0.15, -0.1) is 10.3 Å². The Morgan fingerprint density at radius 1 is 1.26 bits per heavy atom. The predicted octanol–water partition coefficient (Wildman–Crippen LogP) is 2.42. The van der Waals surface area contributed by atoms with Gasteiger partial charge in [-0.3, -0.25) is 4.79 Å². The highest BCUT2D eigenvalue weighted by Crippen LogP contribution is 2.46. The summed E-state index contributed by atoms with van der Waals surface area (Å²) < 4.78 is 12.1. The zero-order valence-corrected chi connectivity index (χ0v) is 18.6. The molecule has 3 aromatic rings. The molecule has 5 rings (SSSR count). The summed E-state index contributed by atoms with van der Waals surface area (Å²) in [5, 5.41) is 7.48. The van der Waals surface area contributed by atoms with Crippen LogP contribution >= 0.6 is 10.3 Å². The number of hydrogen-bond donors (Lipinski definition) is 2. The zero-order chi connectivity index (χ0) is 21.8. The molecular weight excluding hydrogens is 416 g/mol. The minimum absolute atomic E-state index is 0.0222. The average molecular weight is 443 g/mol. The first-order valence-electron chi connectivity index (χ1n) is 10.2. The Morgan fingerprint density at radius 2 is 2.03 bits per heavy atom. The lowest BCUT2D eigenvalue weighted by atomic mass is 10.1. The van der Waals surface area contributed by atoms with Gasteiger partial charge in [0.2, 0.25) is 11.9 Å². The Bertz CT molecular complexity index is 1150. The molecule has 0 aliphatic carbocycles. The summed E-state index contributed by atoms with van der Waals surface area (Å²) in [5.74, 6) is 2.82. The van der Waals surface area contributed by atoms with Gasteiger partial charge >= 0.3 is 0 Å². The minimum atomic E-state index is -1.50. The minimum Gasteiger partial charge on any atom is -0.352 e. The van der Waals surface area contributed by atoms with Gasteiger partial charge in [0.25, 0.3) is 0 Å². The number of likely N-dealkylation sites (N-methyl/N-ethyl adjacent to an activating group) is 1. The van der Waals surface area contributed by atoms with E-state index in [0.29, 0.717) is 11.6 Å². The standard InChI is InChI=1S/C20H26N8O2S/c1-13-8-17-22-12-23-28(17)10-15(13)24-20-21-9-16-19(25-20)27(11-18(29)26(16)2)14-4-6-31(3,30)7-5-14/h8-10,12,14,30H,4-7,11H2,1-3H3,(H,21,24,25). The second-order valence-electron chi connectivity index (χ2n) is 8.40.